The fraction of sp³-hybridized carbons (Fsp3) is 0.353. The summed E-state index contributed by atoms with van der Waals surface area (Å²) >= 11 is 1.54. The van der Waals surface area contributed by atoms with E-state index in [4.69, 9.17) is 9.63 Å². The quantitative estimate of drug-likeness (QED) is 0.706. The molecule has 0 aliphatic carbocycles. The number of carboxylic acids is 1. The standard InChI is InChI=1S/C17H20N2O4S/c1-11(2)14-9-15(23-19-14)17(22)18-13-5-3-4-12(8-13)10-24-7-6-16(20)21/h3-5,8-9,11H,6-7,10H2,1-2H3,(H,18,22)(H,20,21). The molecular weight excluding hydrogens is 328 g/mol. The third kappa shape index (κ3) is 5.42. The summed E-state index contributed by atoms with van der Waals surface area (Å²) in [5.74, 6) is 0.487. The number of carbonyl (C=O) groups is 2. The van der Waals surface area contributed by atoms with Gasteiger partial charge in [0, 0.05) is 23.3 Å². The third-order valence-electron chi connectivity index (χ3n) is 3.26. The summed E-state index contributed by atoms with van der Waals surface area (Å²) in [6, 6.07) is 9.09. The molecule has 0 atom stereocenters. The van der Waals surface area contributed by atoms with Gasteiger partial charge in [-0.1, -0.05) is 31.1 Å². The summed E-state index contributed by atoms with van der Waals surface area (Å²) < 4.78 is 5.07. The highest BCUT2D eigenvalue weighted by Crippen LogP contribution is 2.19. The average Bonchev–Trinajstić information content (AvgIpc) is 3.02. The van der Waals surface area contributed by atoms with Crippen LogP contribution in [-0.4, -0.2) is 27.9 Å². The fourth-order valence-electron chi connectivity index (χ4n) is 1.95. The van der Waals surface area contributed by atoms with E-state index in [1.165, 1.54) is 0 Å². The van der Waals surface area contributed by atoms with Gasteiger partial charge in [-0.3, -0.25) is 9.59 Å². The van der Waals surface area contributed by atoms with Gasteiger partial charge in [-0.25, -0.2) is 0 Å². The molecule has 1 aromatic heterocycles. The molecule has 2 aromatic rings. The van der Waals surface area contributed by atoms with Crippen molar-refractivity contribution >= 4 is 29.3 Å². The van der Waals surface area contributed by atoms with Crippen LogP contribution in [-0.2, 0) is 10.5 Å². The minimum atomic E-state index is -0.795. The first-order valence-electron chi connectivity index (χ1n) is 7.62. The van der Waals surface area contributed by atoms with Crippen LogP contribution in [0.1, 0.15) is 48.0 Å². The van der Waals surface area contributed by atoms with E-state index in [-0.39, 0.29) is 24.0 Å². The molecule has 0 spiro atoms. The maximum atomic E-state index is 12.2. The van der Waals surface area contributed by atoms with Crippen molar-refractivity contribution in [3.05, 3.63) is 47.3 Å². The Morgan fingerprint density at radius 1 is 1.33 bits per heavy atom. The van der Waals surface area contributed by atoms with Gasteiger partial charge in [0.1, 0.15) is 0 Å². The molecule has 128 valence electrons. The number of amides is 1. The molecule has 2 N–H and O–H groups in total. The first-order chi connectivity index (χ1) is 11.5. The minimum Gasteiger partial charge on any atom is -0.481 e. The number of carboxylic acid groups (broad SMARTS) is 1. The number of rotatable bonds is 8. The molecule has 0 fully saturated rings. The predicted molar refractivity (Wildman–Crippen MR) is 93.4 cm³/mol. The molecule has 2 rings (SSSR count). The number of thioether (sulfide) groups is 1. The van der Waals surface area contributed by atoms with Gasteiger partial charge in [0.15, 0.2) is 0 Å². The van der Waals surface area contributed by atoms with Crippen molar-refractivity contribution in [1.82, 2.24) is 5.16 Å². The SMILES string of the molecule is CC(C)c1cc(C(=O)Nc2cccc(CSCCC(=O)O)c2)on1. The second-order valence-electron chi connectivity index (χ2n) is 5.62. The van der Waals surface area contributed by atoms with Crippen LogP contribution in [0.3, 0.4) is 0 Å². The van der Waals surface area contributed by atoms with E-state index in [2.05, 4.69) is 10.5 Å². The number of nitrogens with zero attached hydrogens (tertiary/aromatic N) is 1. The molecule has 0 aliphatic rings. The Kier molecular flexibility index (Phi) is 6.43. The van der Waals surface area contributed by atoms with Crippen LogP contribution < -0.4 is 5.32 Å². The van der Waals surface area contributed by atoms with Crippen LogP contribution in [0.5, 0.6) is 0 Å². The smallest absolute Gasteiger partial charge is 0.304 e. The zero-order valence-electron chi connectivity index (χ0n) is 13.6. The van der Waals surface area contributed by atoms with Gasteiger partial charge in [0.2, 0.25) is 5.76 Å². The number of nitrogens with one attached hydrogen (secondary N) is 1. The Morgan fingerprint density at radius 3 is 2.79 bits per heavy atom. The van der Waals surface area contributed by atoms with Crippen LogP contribution in [0.15, 0.2) is 34.9 Å². The molecule has 0 radical (unpaired) electrons. The number of anilines is 1. The van der Waals surface area contributed by atoms with E-state index in [0.29, 0.717) is 17.2 Å². The summed E-state index contributed by atoms with van der Waals surface area (Å²) in [5, 5.41) is 15.3. The lowest BCUT2D eigenvalue weighted by molar-refractivity contribution is -0.136. The lowest BCUT2D eigenvalue weighted by Crippen LogP contribution is -2.11. The van der Waals surface area contributed by atoms with Crippen molar-refractivity contribution in [2.75, 3.05) is 11.1 Å². The highest BCUT2D eigenvalue weighted by atomic mass is 32.2. The van der Waals surface area contributed by atoms with Crippen molar-refractivity contribution < 1.29 is 19.2 Å². The number of hydrogen-bond acceptors (Lipinski definition) is 5. The molecule has 0 saturated carbocycles. The first-order valence-corrected chi connectivity index (χ1v) is 8.77. The van der Waals surface area contributed by atoms with E-state index < -0.39 is 5.97 Å². The molecular formula is C17H20N2O4S. The Bertz CT molecular complexity index is 712. The molecule has 24 heavy (non-hydrogen) atoms. The van der Waals surface area contributed by atoms with Crippen molar-refractivity contribution in [3.63, 3.8) is 0 Å². The molecule has 1 amide bonds. The maximum absolute atomic E-state index is 12.2. The van der Waals surface area contributed by atoms with Crippen LogP contribution >= 0.6 is 11.8 Å². The molecule has 6 nitrogen and oxygen atoms in total. The van der Waals surface area contributed by atoms with Crippen LogP contribution in [0.25, 0.3) is 0 Å². The molecule has 0 aliphatic heterocycles. The first kappa shape index (κ1) is 18.1. The largest absolute Gasteiger partial charge is 0.481 e. The highest BCUT2D eigenvalue weighted by molar-refractivity contribution is 7.98. The number of aromatic nitrogens is 1. The summed E-state index contributed by atoms with van der Waals surface area (Å²) in [4.78, 5) is 22.7. The van der Waals surface area contributed by atoms with Gasteiger partial charge in [-0.05, 0) is 23.6 Å². The monoisotopic (exact) mass is 348 g/mol. The van der Waals surface area contributed by atoms with Crippen LogP contribution in [0, 0.1) is 0 Å². The Balaban J connectivity index is 1.93. The zero-order valence-corrected chi connectivity index (χ0v) is 14.4. The molecule has 0 saturated heterocycles. The lowest BCUT2D eigenvalue weighted by atomic mass is 10.1. The number of hydrogen-bond donors (Lipinski definition) is 2. The highest BCUT2D eigenvalue weighted by Gasteiger charge is 2.15. The maximum Gasteiger partial charge on any atom is 0.304 e. The van der Waals surface area contributed by atoms with Crippen LogP contribution in [0.2, 0.25) is 0 Å². The predicted octanol–water partition coefficient (Wildman–Crippen LogP) is 3.76. The number of carbonyl (C=O) groups excluding carboxylic acids is 1. The Hall–Kier alpha value is -2.28. The number of aliphatic carboxylic acids is 1. The van der Waals surface area contributed by atoms with Crippen molar-refractivity contribution in [1.29, 1.82) is 0 Å². The average molecular weight is 348 g/mol. The molecule has 0 unspecified atom stereocenters. The molecule has 1 aromatic carbocycles. The van der Waals surface area contributed by atoms with Gasteiger partial charge in [0.05, 0.1) is 12.1 Å². The second-order valence-corrected chi connectivity index (χ2v) is 6.73. The van der Waals surface area contributed by atoms with E-state index in [1.54, 1.807) is 23.9 Å². The van der Waals surface area contributed by atoms with E-state index in [0.717, 1.165) is 11.3 Å². The summed E-state index contributed by atoms with van der Waals surface area (Å²) in [6.07, 6.45) is 0.144. The lowest BCUT2D eigenvalue weighted by Gasteiger charge is -2.06. The molecule has 7 heteroatoms. The number of benzene rings is 1. The van der Waals surface area contributed by atoms with Gasteiger partial charge in [0.25, 0.3) is 5.91 Å². The topological polar surface area (TPSA) is 92.4 Å². The van der Waals surface area contributed by atoms with Gasteiger partial charge < -0.3 is 14.9 Å². The Morgan fingerprint density at radius 2 is 2.12 bits per heavy atom. The zero-order chi connectivity index (χ0) is 17.5. The minimum absolute atomic E-state index is 0.144. The Labute approximate surface area is 144 Å². The van der Waals surface area contributed by atoms with Gasteiger partial charge in [-0.2, -0.15) is 11.8 Å². The summed E-state index contributed by atoms with van der Waals surface area (Å²) in [6.45, 7) is 3.95. The summed E-state index contributed by atoms with van der Waals surface area (Å²) in [5.41, 5.74) is 2.42. The van der Waals surface area contributed by atoms with Crippen LogP contribution in [0.4, 0.5) is 5.69 Å². The van der Waals surface area contributed by atoms with E-state index >= 15 is 0 Å². The fourth-order valence-corrected chi connectivity index (χ4v) is 2.83. The van der Waals surface area contributed by atoms with Gasteiger partial charge >= 0.3 is 5.97 Å². The molecule has 1 heterocycles. The van der Waals surface area contributed by atoms with Gasteiger partial charge in [-0.15, -0.1) is 0 Å². The second kappa shape index (κ2) is 8.54. The summed E-state index contributed by atoms with van der Waals surface area (Å²) in [7, 11) is 0. The normalized spacial score (nSPS) is 10.8. The molecule has 0 bridgehead atoms. The van der Waals surface area contributed by atoms with Crippen molar-refractivity contribution in [2.45, 2.75) is 31.9 Å². The van der Waals surface area contributed by atoms with Crippen molar-refractivity contribution in [2.24, 2.45) is 0 Å². The third-order valence-corrected chi connectivity index (χ3v) is 4.29. The van der Waals surface area contributed by atoms with E-state index in [9.17, 15) is 9.59 Å². The van der Waals surface area contributed by atoms with E-state index in [1.807, 2.05) is 32.0 Å². The van der Waals surface area contributed by atoms with Crippen molar-refractivity contribution in [3.8, 4) is 0 Å².